The van der Waals surface area contributed by atoms with E-state index in [1.165, 1.54) is 4.88 Å². The number of nitrogens with zero attached hydrogens (tertiary/aromatic N) is 1. The molecule has 0 fully saturated rings. The van der Waals surface area contributed by atoms with E-state index in [4.69, 9.17) is 11.6 Å². The van der Waals surface area contributed by atoms with E-state index in [0.29, 0.717) is 23.2 Å². The van der Waals surface area contributed by atoms with Gasteiger partial charge in [0.05, 0.1) is 6.54 Å². The van der Waals surface area contributed by atoms with Crippen molar-refractivity contribution in [1.29, 1.82) is 0 Å². The number of ketones is 1. The Kier molecular flexibility index (Phi) is 5.35. The molecular formula is C16H18ClNOS. The third kappa shape index (κ3) is 4.17. The first-order chi connectivity index (χ1) is 9.56. The number of Topliss-reactive ketones (excluding diaryl/α,β-unsaturated/α-hetero) is 1. The van der Waals surface area contributed by atoms with E-state index < -0.39 is 0 Å². The third-order valence-corrected chi connectivity index (χ3v) is 4.30. The molecule has 1 aromatic carbocycles. The highest BCUT2D eigenvalue weighted by atomic mass is 35.5. The standard InChI is InChI=1S/C16H18ClNOS/c1-12(2)18(10-15-4-3-9-20-15)11-16(19)13-5-7-14(17)8-6-13/h3-9,12H,10-11H2,1-2H3. The number of halogens is 1. The van der Waals surface area contributed by atoms with Gasteiger partial charge in [0, 0.05) is 28.0 Å². The Morgan fingerprint density at radius 1 is 1.25 bits per heavy atom. The van der Waals surface area contributed by atoms with Crippen LogP contribution in [0.15, 0.2) is 41.8 Å². The minimum Gasteiger partial charge on any atom is -0.293 e. The zero-order valence-electron chi connectivity index (χ0n) is 11.7. The van der Waals surface area contributed by atoms with Crippen molar-refractivity contribution in [3.63, 3.8) is 0 Å². The number of carbonyl (C=O) groups is 1. The summed E-state index contributed by atoms with van der Waals surface area (Å²) in [6, 6.07) is 11.6. The summed E-state index contributed by atoms with van der Waals surface area (Å²) in [5, 5.41) is 2.72. The highest BCUT2D eigenvalue weighted by molar-refractivity contribution is 7.09. The van der Waals surface area contributed by atoms with Gasteiger partial charge in [0.2, 0.25) is 0 Å². The van der Waals surface area contributed by atoms with Crippen molar-refractivity contribution in [3.05, 3.63) is 57.2 Å². The van der Waals surface area contributed by atoms with Gasteiger partial charge in [-0.15, -0.1) is 11.3 Å². The summed E-state index contributed by atoms with van der Waals surface area (Å²) >= 11 is 7.57. The van der Waals surface area contributed by atoms with Gasteiger partial charge in [0.15, 0.2) is 5.78 Å². The summed E-state index contributed by atoms with van der Waals surface area (Å²) in [7, 11) is 0. The quantitative estimate of drug-likeness (QED) is 0.733. The Hall–Kier alpha value is -1.16. The molecule has 0 saturated carbocycles. The molecular weight excluding hydrogens is 290 g/mol. The first-order valence-electron chi connectivity index (χ1n) is 6.61. The third-order valence-electron chi connectivity index (χ3n) is 3.18. The van der Waals surface area contributed by atoms with Gasteiger partial charge >= 0.3 is 0 Å². The summed E-state index contributed by atoms with van der Waals surface area (Å²) < 4.78 is 0. The van der Waals surface area contributed by atoms with Crippen LogP contribution in [0.3, 0.4) is 0 Å². The molecule has 0 spiro atoms. The van der Waals surface area contributed by atoms with Crippen LogP contribution in [-0.2, 0) is 6.54 Å². The number of hydrogen-bond acceptors (Lipinski definition) is 3. The molecule has 0 bridgehead atoms. The number of benzene rings is 1. The summed E-state index contributed by atoms with van der Waals surface area (Å²) in [6.45, 7) is 5.47. The van der Waals surface area contributed by atoms with Crippen molar-refractivity contribution in [1.82, 2.24) is 4.90 Å². The lowest BCUT2D eigenvalue weighted by Gasteiger charge is -2.25. The van der Waals surface area contributed by atoms with Crippen molar-refractivity contribution in [2.45, 2.75) is 26.4 Å². The van der Waals surface area contributed by atoms with Crippen molar-refractivity contribution in [2.75, 3.05) is 6.54 Å². The summed E-state index contributed by atoms with van der Waals surface area (Å²) in [4.78, 5) is 15.8. The number of carbonyl (C=O) groups excluding carboxylic acids is 1. The predicted molar refractivity (Wildman–Crippen MR) is 85.6 cm³/mol. The second-order valence-corrected chi connectivity index (χ2v) is 6.48. The fraction of sp³-hybridized carbons (Fsp3) is 0.312. The lowest BCUT2D eigenvalue weighted by atomic mass is 10.1. The number of thiophene rings is 1. The van der Waals surface area contributed by atoms with Crippen LogP contribution in [0.25, 0.3) is 0 Å². The molecule has 0 aliphatic carbocycles. The Balaban J connectivity index is 2.04. The maximum Gasteiger partial charge on any atom is 0.176 e. The summed E-state index contributed by atoms with van der Waals surface area (Å²) in [6.07, 6.45) is 0. The smallest absolute Gasteiger partial charge is 0.176 e. The fourth-order valence-corrected chi connectivity index (χ4v) is 2.79. The van der Waals surface area contributed by atoms with E-state index in [9.17, 15) is 4.79 Å². The zero-order valence-corrected chi connectivity index (χ0v) is 13.2. The van der Waals surface area contributed by atoms with Crippen LogP contribution in [0.4, 0.5) is 0 Å². The topological polar surface area (TPSA) is 20.3 Å². The SMILES string of the molecule is CC(C)N(CC(=O)c1ccc(Cl)cc1)Cc1cccs1. The molecule has 1 heterocycles. The van der Waals surface area contributed by atoms with Crippen molar-refractivity contribution < 1.29 is 4.79 Å². The molecule has 0 aliphatic heterocycles. The van der Waals surface area contributed by atoms with Crippen LogP contribution in [0.5, 0.6) is 0 Å². The van der Waals surface area contributed by atoms with E-state index in [1.54, 1.807) is 35.6 Å². The maximum atomic E-state index is 12.3. The Morgan fingerprint density at radius 2 is 1.95 bits per heavy atom. The van der Waals surface area contributed by atoms with Crippen LogP contribution in [-0.4, -0.2) is 23.3 Å². The number of hydrogen-bond donors (Lipinski definition) is 0. The lowest BCUT2D eigenvalue weighted by molar-refractivity contribution is 0.0899. The number of rotatable bonds is 6. The van der Waals surface area contributed by atoms with Gasteiger partial charge in [-0.2, -0.15) is 0 Å². The Bertz CT molecular complexity index is 548. The van der Waals surface area contributed by atoms with E-state index in [2.05, 4.69) is 30.2 Å². The van der Waals surface area contributed by atoms with Crippen LogP contribution >= 0.6 is 22.9 Å². The Morgan fingerprint density at radius 3 is 2.50 bits per heavy atom. The molecule has 0 aliphatic rings. The minimum atomic E-state index is 0.131. The molecule has 0 radical (unpaired) electrons. The van der Waals surface area contributed by atoms with E-state index in [-0.39, 0.29) is 5.78 Å². The summed E-state index contributed by atoms with van der Waals surface area (Å²) in [5.74, 6) is 0.131. The highest BCUT2D eigenvalue weighted by Crippen LogP contribution is 2.15. The van der Waals surface area contributed by atoms with Gasteiger partial charge in [-0.1, -0.05) is 17.7 Å². The van der Waals surface area contributed by atoms with Crippen molar-refractivity contribution in [2.24, 2.45) is 0 Å². The highest BCUT2D eigenvalue weighted by Gasteiger charge is 2.16. The largest absolute Gasteiger partial charge is 0.293 e. The van der Waals surface area contributed by atoms with Crippen molar-refractivity contribution >= 4 is 28.7 Å². The molecule has 106 valence electrons. The monoisotopic (exact) mass is 307 g/mol. The van der Waals surface area contributed by atoms with Crippen LogP contribution in [0, 0.1) is 0 Å². The van der Waals surface area contributed by atoms with Gasteiger partial charge in [-0.05, 0) is 49.6 Å². The van der Waals surface area contributed by atoms with Gasteiger partial charge in [-0.25, -0.2) is 0 Å². The zero-order chi connectivity index (χ0) is 14.5. The first kappa shape index (κ1) is 15.2. The molecule has 0 unspecified atom stereocenters. The van der Waals surface area contributed by atoms with Gasteiger partial charge in [0.1, 0.15) is 0 Å². The predicted octanol–water partition coefficient (Wildman–Crippen LogP) is 4.49. The Labute approximate surface area is 129 Å². The molecule has 0 N–H and O–H groups in total. The average molecular weight is 308 g/mol. The lowest BCUT2D eigenvalue weighted by Crippen LogP contribution is -2.35. The normalized spacial score (nSPS) is 11.2. The average Bonchev–Trinajstić information content (AvgIpc) is 2.91. The van der Waals surface area contributed by atoms with Gasteiger partial charge in [-0.3, -0.25) is 9.69 Å². The molecule has 1 aromatic heterocycles. The van der Waals surface area contributed by atoms with Crippen LogP contribution in [0.2, 0.25) is 5.02 Å². The van der Waals surface area contributed by atoms with Crippen molar-refractivity contribution in [3.8, 4) is 0 Å². The van der Waals surface area contributed by atoms with Crippen LogP contribution < -0.4 is 0 Å². The molecule has 20 heavy (non-hydrogen) atoms. The molecule has 0 atom stereocenters. The second kappa shape index (κ2) is 7.02. The molecule has 0 saturated heterocycles. The van der Waals surface area contributed by atoms with E-state index in [0.717, 1.165) is 6.54 Å². The van der Waals surface area contributed by atoms with Gasteiger partial charge in [0.25, 0.3) is 0 Å². The molecule has 2 rings (SSSR count). The first-order valence-corrected chi connectivity index (χ1v) is 7.87. The molecule has 4 heteroatoms. The van der Waals surface area contributed by atoms with E-state index >= 15 is 0 Å². The van der Waals surface area contributed by atoms with E-state index in [1.807, 2.05) is 6.07 Å². The molecule has 0 amide bonds. The van der Waals surface area contributed by atoms with Gasteiger partial charge < -0.3 is 0 Å². The fourth-order valence-electron chi connectivity index (χ4n) is 1.94. The minimum absolute atomic E-state index is 0.131. The molecule has 2 aromatic rings. The maximum absolute atomic E-state index is 12.3. The molecule has 2 nitrogen and oxygen atoms in total. The second-order valence-electron chi connectivity index (χ2n) is 5.01. The summed E-state index contributed by atoms with van der Waals surface area (Å²) in [5.41, 5.74) is 0.714. The van der Waals surface area contributed by atoms with Crippen LogP contribution in [0.1, 0.15) is 29.1 Å².